The van der Waals surface area contributed by atoms with Crippen molar-refractivity contribution in [2.45, 2.75) is 122 Å². The maximum Gasteiger partial charge on any atom is 0.123 e. The zero-order valence-corrected chi connectivity index (χ0v) is 15.1. The molecule has 0 aliphatic rings. The molecule has 0 fully saturated rings. The Bertz CT molecular complexity index is 196. The van der Waals surface area contributed by atoms with Gasteiger partial charge < -0.3 is 5.11 Å². The van der Waals surface area contributed by atoms with Crippen molar-refractivity contribution in [3.8, 4) is 0 Å². The van der Waals surface area contributed by atoms with Gasteiger partial charge in [-0.1, -0.05) is 110 Å². The van der Waals surface area contributed by atoms with Crippen LogP contribution in [0.3, 0.4) is 0 Å². The largest absolute Gasteiger partial charge is 0.393 e. The Morgan fingerprint density at radius 1 is 0.591 bits per heavy atom. The summed E-state index contributed by atoms with van der Waals surface area (Å²) >= 11 is 0. The fourth-order valence-electron chi connectivity index (χ4n) is 3.01. The Kier molecular flexibility index (Phi) is 18.8. The van der Waals surface area contributed by atoms with Gasteiger partial charge in [0, 0.05) is 0 Å². The molecule has 0 aliphatic carbocycles. The van der Waals surface area contributed by atoms with Crippen molar-refractivity contribution < 1.29 is 9.50 Å². The van der Waals surface area contributed by atoms with Gasteiger partial charge in [0.25, 0.3) is 0 Å². The van der Waals surface area contributed by atoms with E-state index >= 15 is 0 Å². The third kappa shape index (κ3) is 17.9. The topological polar surface area (TPSA) is 20.2 Å². The van der Waals surface area contributed by atoms with Crippen molar-refractivity contribution in [1.29, 1.82) is 0 Å². The molecule has 0 saturated carbocycles. The molecule has 134 valence electrons. The number of hydrogen-bond donors (Lipinski definition) is 1. The van der Waals surface area contributed by atoms with Gasteiger partial charge in [-0.15, -0.1) is 0 Å². The summed E-state index contributed by atoms with van der Waals surface area (Å²) in [5, 5.41) is 8.59. The highest BCUT2D eigenvalue weighted by Crippen LogP contribution is 2.14. The third-order valence-electron chi connectivity index (χ3n) is 4.57. The molecule has 0 heterocycles. The first-order valence-electron chi connectivity index (χ1n) is 10.1. The lowest BCUT2D eigenvalue weighted by Crippen LogP contribution is -2.04. The average Bonchev–Trinajstić information content (AvgIpc) is 2.54. The monoisotopic (exact) mass is 316 g/mol. The van der Waals surface area contributed by atoms with Gasteiger partial charge in [0.1, 0.15) is 6.17 Å². The van der Waals surface area contributed by atoms with Gasteiger partial charge >= 0.3 is 0 Å². The maximum absolute atomic E-state index is 12.8. The summed E-state index contributed by atoms with van der Waals surface area (Å²) in [7, 11) is 0. The summed E-state index contributed by atoms with van der Waals surface area (Å²) in [4.78, 5) is 0. The standard InChI is InChI=1S/C20H41FO/c1-2-3-4-5-6-7-8-9-10-11-12-13-14-15-16-17-18-20(21)19-22/h20,22H,2-19H2,1H3. The summed E-state index contributed by atoms with van der Waals surface area (Å²) in [5.74, 6) is 0. The molecular weight excluding hydrogens is 275 g/mol. The first-order valence-corrected chi connectivity index (χ1v) is 10.1. The molecule has 0 bridgehead atoms. The normalized spacial score (nSPS) is 12.7. The van der Waals surface area contributed by atoms with E-state index in [0.29, 0.717) is 6.42 Å². The molecule has 0 saturated heterocycles. The van der Waals surface area contributed by atoms with Crippen molar-refractivity contribution in [3.63, 3.8) is 0 Å². The van der Waals surface area contributed by atoms with Crippen molar-refractivity contribution in [1.82, 2.24) is 0 Å². The zero-order valence-electron chi connectivity index (χ0n) is 15.1. The van der Waals surface area contributed by atoms with E-state index < -0.39 is 6.17 Å². The van der Waals surface area contributed by atoms with Crippen molar-refractivity contribution >= 4 is 0 Å². The van der Waals surface area contributed by atoms with Crippen LogP contribution in [0.15, 0.2) is 0 Å². The molecule has 0 aliphatic heterocycles. The molecule has 0 aromatic rings. The second kappa shape index (κ2) is 18.9. The van der Waals surface area contributed by atoms with E-state index in [1.807, 2.05) is 0 Å². The molecule has 1 N–H and O–H groups in total. The molecule has 22 heavy (non-hydrogen) atoms. The Hall–Kier alpha value is -0.110. The van der Waals surface area contributed by atoms with Gasteiger partial charge in [0.2, 0.25) is 0 Å². The fraction of sp³-hybridized carbons (Fsp3) is 1.00. The number of hydrogen-bond acceptors (Lipinski definition) is 1. The van der Waals surface area contributed by atoms with Crippen LogP contribution in [0.1, 0.15) is 116 Å². The summed E-state index contributed by atoms with van der Waals surface area (Å²) in [6.07, 6.45) is 21.0. The van der Waals surface area contributed by atoms with Crippen molar-refractivity contribution in [3.05, 3.63) is 0 Å². The maximum atomic E-state index is 12.8. The number of alkyl halides is 1. The minimum atomic E-state index is -0.994. The second-order valence-corrected chi connectivity index (χ2v) is 6.87. The van der Waals surface area contributed by atoms with E-state index in [2.05, 4.69) is 6.92 Å². The molecule has 0 aromatic heterocycles. The Morgan fingerprint density at radius 2 is 0.909 bits per heavy atom. The highest BCUT2D eigenvalue weighted by molar-refractivity contribution is 4.54. The van der Waals surface area contributed by atoms with Gasteiger partial charge in [0.05, 0.1) is 6.61 Å². The average molecular weight is 317 g/mol. The zero-order chi connectivity index (χ0) is 16.3. The Labute approximate surface area is 139 Å². The van der Waals surface area contributed by atoms with Crippen LogP contribution in [0.4, 0.5) is 4.39 Å². The molecule has 0 radical (unpaired) electrons. The lowest BCUT2D eigenvalue weighted by atomic mass is 10.0. The molecule has 1 nitrogen and oxygen atoms in total. The van der Waals surface area contributed by atoms with E-state index in [0.717, 1.165) is 12.8 Å². The lowest BCUT2D eigenvalue weighted by Gasteiger charge is -2.05. The van der Waals surface area contributed by atoms with Crippen LogP contribution >= 0.6 is 0 Å². The van der Waals surface area contributed by atoms with Crippen LogP contribution in [0.25, 0.3) is 0 Å². The van der Waals surface area contributed by atoms with Crippen LogP contribution in [0, 0.1) is 0 Å². The molecule has 0 rings (SSSR count). The van der Waals surface area contributed by atoms with Gasteiger partial charge in [-0.05, 0) is 6.42 Å². The van der Waals surface area contributed by atoms with Crippen molar-refractivity contribution in [2.24, 2.45) is 0 Å². The van der Waals surface area contributed by atoms with E-state index in [4.69, 9.17) is 5.11 Å². The predicted molar refractivity (Wildman–Crippen MR) is 96.1 cm³/mol. The van der Waals surface area contributed by atoms with E-state index in [1.165, 1.54) is 89.9 Å². The highest BCUT2D eigenvalue weighted by Gasteiger charge is 2.02. The van der Waals surface area contributed by atoms with Crippen LogP contribution < -0.4 is 0 Å². The summed E-state index contributed by atoms with van der Waals surface area (Å²) in [6.45, 7) is 1.97. The van der Waals surface area contributed by atoms with Crippen molar-refractivity contribution in [2.75, 3.05) is 6.61 Å². The third-order valence-corrected chi connectivity index (χ3v) is 4.57. The number of halogens is 1. The summed E-state index contributed by atoms with van der Waals surface area (Å²) in [6, 6.07) is 0. The molecule has 0 amide bonds. The van der Waals surface area contributed by atoms with Crippen LogP contribution in [-0.4, -0.2) is 17.9 Å². The minimum Gasteiger partial charge on any atom is -0.393 e. The van der Waals surface area contributed by atoms with Gasteiger partial charge in [-0.3, -0.25) is 0 Å². The smallest absolute Gasteiger partial charge is 0.123 e. The van der Waals surface area contributed by atoms with E-state index in [1.54, 1.807) is 0 Å². The molecule has 1 atom stereocenters. The van der Waals surface area contributed by atoms with Crippen LogP contribution in [0.2, 0.25) is 0 Å². The van der Waals surface area contributed by atoms with Gasteiger partial charge in [-0.25, -0.2) is 4.39 Å². The summed E-state index contributed by atoms with van der Waals surface area (Å²) < 4.78 is 12.8. The Morgan fingerprint density at radius 3 is 1.23 bits per heavy atom. The Balaban J connectivity index is 2.97. The number of unbranched alkanes of at least 4 members (excludes halogenated alkanes) is 15. The first kappa shape index (κ1) is 21.9. The van der Waals surface area contributed by atoms with Gasteiger partial charge in [0.15, 0.2) is 0 Å². The first-order chi connectivity index (χ1) is 10.8. The van der Waals surface area contributed by atoms with Crippen LogP contribution in [0.5, 0.6) is 0 Å². The number of aliphatic hydroxyl groups is 1. The molecule has 1 unspecified atom stereocenters. The predicted octanol–water partition coefficient (Wildman–Crippen LogP) is 6.97. The molecule has 0 aromatic carbocycles. The highest BCUT2D eigenvalue weighted by atomic mass is 19.1. The fourth-order valence-corrected chi connectivity index (χ4v) is 3.01. The number of rotatable bonds is 18. The van der Waals surface area contributed by atoms with E-state index in [9.17, 15) is 4.39 Å². The molecular formula is C20H41FO. The second-order valence-electron chi connectivity index (χ2n) is 6.87. The van der Waals surface area contributed by atoms with Gasteiger partial charge in [-0.2, -0.15) is 0 Å². The number of aliphatic hydroxyl groups excluding tert-OH is 1. The lowest BCUT2D eigenvalue weighted by molar-refractivity contribution is 0.167. The van der Waals surface area contributed by atoms with E-state index in [-0.39, 0.29) is 6.61 Å². The van der Waals surface area contributed by atoms with Crippen LogP contribution in [-0.2, 0) is 0 Å². The molecule has 0 spiro atoms. The summed E-state index contributed by atoms with van der Waals surface area (Å²) in [5.41, 5.74) is 0. The minimum absolute atomic E-state index is 0.307. The SMILES string of the molecule is CCCCCCCCCCCCCCCCCCC(F)CO. The molecule has 2 heteroatoms. The quantitative estimate of drug-likeness (QED) is 0.271.